The highest BCUT2D eigenvalue weighted by molar-refractivity contribution is 5.36. The summed E-state index contributed by atoms with van der Waals surface area (Å²) in [4.78, 5) is 8.36. The number of aromatic nitrogens is 2. The van der Waals surface area contributed by atoms with Crippen LogP contribution in [0.1, 0.15) is 37.9 Å². The van der Waals surface area contributed by atoms with Crippen LogP contribution < -0.4 is 16.0 Å². The summed E-state index contributed by atoms with van der Waals surface area (Å²) in [5.41, 5.74) is 2.52. The van der Waals surface area contributed by atoms with Crippen LogP contribution in [0.4, 0.5) is 5.82 Å². The van der Waals surface area contributed by atoms with Crippen LogP contribution in [-0.4, -0.2) is 16.6 Å². The zero-order chi connectivity index (χ0) is 12.1. The smallest absolute Gasteiger partial charge is 0.218 e. The fourth-order valence-electron chi connectivity index (χ4n) is 2.25. The molecule has 1 aliphatic rings. The van der Waals surface area contributed by atoms with Crippen LogP contribution in [-0.2, 0) is 0 Å². The van der Waals surface area contributed by atoms with Crippen LogP contribution in [0.5, 0.6) is 5.88 Å². The number of aryl methyl sites for hydroxylation is 1. The largest absolute Gasteiger partial charge is 0.477 e. The van der Waals surface area contributed by atoms with Gasteiger partial charge in [0.25, 0.3) is 0 Å². The first kappa shape index (κ1) is 12.1. The summed E-state index contributed by atoms with van der Waals surface area (Å²) >= 11 is 0. The van der Waals surface area contributed by atoms with Gasteiger partial charge in [-0.3, -0.25) is 0 Å². The fraction of sp³-hybridized carbons (Fsp3) is 0.667. The summed E-state index contributed by atoms with van der Waals surface area (Å²) in [7, 11) is 0. The minimum absolute atomic E-state index is 0.594. The van der Waals surface area contributed by atoms with Gasteiger partial charge in [0.15, 0.2) is 0 Å². The molecule has 1 heterocycles. The Kier molecular flexibility index (Phi) is 4.14. The van der Waals surface area contributed by atoms with Crippen molar-refractivity contribution in [3.63, 3.8) is 0 Å². The Labute approximate surface area is 102 Å². The number of nitrogen functional groups attached to an aromatic ring is 1. The highest BCUT2D eigenvalue weighted by Crippen LogP contribution is 2.24. The van der Waals surface area contributed by atoms with Gasteiger partial charge in [0.2, 0.25) is 5.88 Å². The topological polar surface area (TPSA) is 73.1 Å². The first-order valence-corrected chi connectivity index (χ1v) is 6.23. The number of rotatable bonds is 4. The van der Waals surface area contributed by atoms with Crippen molar-refractivity contribution in [2.45, 2.75) is 39.0 Å². The van der Waals surface area contributed by atoms with Gasteiger partial charge in [0.05, 0.1) is 6.61 Å². The predicted molar refractivity (Wildman–Crippen MR) is 66.6 cm³/mol. The average molecular weight is 236 g/mol. The zero-order valence-corrected chi connectivity index (χ0v) is 10.3. The molecule has 1 aliphatic carbocycles. The molecule has 0 unspecified atom stereocenters. The molecule has 1 fully saturated rings. The number of hydrazine groups is 1. The average Bonchev–Trinajstić information content (AvgIpc) is 2.37. The van der Waals surface area contributed by atoms with Gasteiger partial charge in [0.1, 0.15) is 11.6 Å². The molecule has 1 aromatic heterocycles. The van der Waals surface area contributed by atoms with E-state index in [-0.39, 0.29) is 0 Å². The van der Waals surface area contributed by atoms with Gasteiger partial charge in [0, 0.05) is 6.07 Å². The number of hydrogen-bond donors (Lipinski definition) is 2. The van der Waals surface area contributed by atoms with Gasteiger partial charge in [-0.15, -0.1) is 0 Å². The molecule has 2 rings (SSSR count). The number of nitrogens with zero attached hydrogens (tertiary/aromatic N) is 2. The Morgan fingerprint density at radius 2 is 2.12 bits per heavy atom. The third-order valence-corrected chi connectivity index (χ3v) is 3.15. The second kappa shape index (κ2) is 5.82. The van der Waals surface area contributed by atoms with Gasteiger partial charge >= 0.3 is 0 Å². The van der Waals surface area contributed by atoms with Gasteiger partial charge < -0.3 is 10.2 Å². The lowest BCUT2D eigenvalue weighted by molar-refractivity contribution is 0.202. The summed E-state index contributed by atoms with van der Waals surface area (Å²) in [6.45, 7) is 2.58. The van der Waals surface area contributed by atoms with Crippen LogP contribution in [0.15, 0.2) is 6.07 Å². The number of hydrogen-bond acceptors (Lipinski definition) is 5. The Morgan fingerprint density at radius 3 is 2.82 bits per heavy atom. The molecule has 0 aliphatic heterocycles. The third kappa shape index (κ3) is 3.56. The van der Waals surface area contributed by atoms with E-state index in [0.29, 0.717) is 23.4 Å². The molecule has 5 heteroatoms. The van der Waals surface area contributed by atoms with E-state index in [2.05, 4.69) is 15.4 Å². The molecule has 0 amide bonds. The number of nitrogens with two attached hydrogens (primary N) is 1. The van der Waals surface area contributed by atoms with Crippen molar-refractivity contribution in [3.8, 4) is 5.88 Å². The Morgan fingerprint density at radius 1 is 1.35 bits per heavy atom. The molecule has 1 aromatic rings. The molecular formula is C12H20N4O. The number of anilines is 1. The van der Waals surface area contributed by atoms with Gasteiger partial charge in [-0.1, -0.05) is 19.3 Å². The van der Waals surface area contributed by atoms with Crippen LogP contribution in [0, 0.1) is 12.8 Å². The van der Waals surface area contributed by atoms with E-state index in [1.54, 1.807) is 6.07 Å². The van der Waals surface area contributed by atoms with Crippen LogP contribution in [0.25, 0.3) is 0 Å². The second-order valence-corrected chi connectivity index (χ2v) is 4.60. The van der Waals surface area contributed by atoms with Crippen LogP contribution in [0.2, 0.25) is 0 Å². The lowest BCUT2D eigenvalue weighted by atomic mass is 9.90. The maximum Gasteiger partial charge on any atom is 0.218 e. The van der Waals surface area contributed by atoms with Gasteiger partial charge in [-0.2, -0.15) is 4.98 Å². The molecule has 0 atom stereocenters. The van der Waals surface area contributed by atoms with Crippen molar-refractivity contribution in [3.05, 3.63) is 11.9 Å². The first-order valence-electron chi connectivity index (χ1n) is 6.23. The fourth-order valence-corrected chi connectivity index (χ4v) is 2.25. The molecule has 0 spiro atoms. The monoisotopic (exact) mass is 236 g/mol. The van der Waals surface area contributed by atoms with E-state index in [4.69, 9.17) is 10.6 Å². The molecular weight excluding hydrogens is 216 g/mol. The number of ether oxygens (including phenoxy) is 1. The maximum absolute atomic E-state index is 5.72. The highest BCUT2D eigenvalue weighted by atomic mass is 16.5. The van der Waals surface area contributed by atoms with Crippen molar-refractivity contribution in [1.29, 1.82) is 0 Å². The second-order valence-electron chi connectivity index (χ2n) is 4.60. The Hall–Kier alpha value is -1.36. The first-order chi connectivity index (χ1) is 8.28. The Balaban J connectivity index is 1.91. The van der Waals surface area contributed by atoms with Crippen LogP contribution >= 0.6 is 0 Å². The molecule has 1 saturated carbocycles. The van der Waals surface area contributed by atoms with Crippen molar-refractivity contribution in [2.75, 3.05) is 12.0 Å². The van der Waals surface area contributed by atoms with E-state index in [9.17, 15) is 0 Å². The van der Waals surface area contributed by atoms with E-state index >= 15 is 0 Å². The molecule has 0 aromatic carbocycles. The lowest BCUT2D eigenvalue weighted by Gasteiger charge is -2.21. The molecule has 3 N–H and O–H groups in total. The van der Waals surface area contributed by atoms with Crippen LogP contribution in [0.3, 0.4) is 0 Å². The molecule has 0 radical (unpaired) electrons. The highest BCUT2D eigenvalue weighted by Gasteiger charge is 2.14. The summed E-state index contributed by atoms with van der Waals surface area (Å²) in [5, 5.41) is 0. The van der Waals surface area contributed by atoms with Crippen molar-refractivity contribution < 1.29 is 4.74 Å². The number of nitrogens with one attached hydrogen (secondary N) is 1. The summed E-state index contributed by atoms with van der Waals surface area (Å²) in [6.07, 6.45) is 6.56. The van der Waals surface area contributed by atoms with E-state index in [1.807, 2.05) is 6.92 Å². The SMILES string of the molecule is Cc1nc(NN)cc(OCC2CCCCC2)n1. The Bertz CT molecular complexity index is 364. The van der Waals surface area contributed by atoms with E-state index in [0.717, 1.165) is 6.61 Å². The lowest BCUT2D eigenvalue weighted by Crippen LogP contribution is -2.16. The minimum Gasteiger partial charge on any atom is -0.477 e. The summed E-state index contributed by atoms with van der Waals surface area (Å²) < 4.78 is 5.72. The predicted octanol–water partition coefficient (Wildman–Crippen LogP) is 2.03. The van der Waals surface area contributed by atoms with Crippen molar-refractivity contribution in [1.82, 2.24) is 9.97 Å². The van der Waals surface area contributed by atoms with Gasteiger partial charge in [-0.05, 0) is 25.7 Å². The minimum atomic E-state index is 0.594. The van der Waals surface area contributed by atoms with Gasteiger partial charge in [-0.25, -0.2) is 10.8 Å². The molecule has 0 bridgehead atoms. The van der Waals surface area contributed by atoms with E-state index in [1.165, 1.54) is 32.1 Å². The maximum atomic E-state index is 5.72. The molecule has 94 valence electrons. The summed E-state index contributed by atoms with van der Waals surface area (Å²) in [5.74, 6) is 7.87. The van der Waals surface area contributed by atoms with E-state index < -0.39 is 0 Å². The van der Waals surface area contributed by atoms with Crippen molar-refractivity contribution >= 4 is 5.82 Å². The normalized spacial score (nSPS) is 16.8. The molecule has 5 nitrogen and oxygen atoms in total. The zero-order valence-electron chi connectivity index (χ0n) is 10.3. The summed E-state index contributed by atoms with van der Waals surface area (Å²) in [6, 6.07) is 1.73. The standard InChI is InChI=1S/C12H20N4O/c1-9-14-11(16-13)7-12(15-9)17-8-10-5-3-2-4-6-10/h7,10H,2-6,8,13H2,1H3,(H,14,15,16). The van der Waals surface area contributed by atoms with Crippen molar-refractivity contribution in [2.24, 2.45) is 11.8 Å². The quantitative estimate of drug-likeness (QED) is 0.618. The molecule has 17 heavy (non-hydrogen) atoms. The third-order valence-electron chi connectivity index (χ3n) is 3.15. The molecule has 0 saturated heterocycles.